The van der Waals surface area contributed by atoms with Crippen LogP contribution in [0.2, 0.25) is 0 Å². The van der Waals surface area contributed by atoms with Crippen LogP contribution in [0.15, 0.2) is 30.3 Å². The van der Waals surface area contributed by atoms with Gasteiger partial charge in [-0.1, -0.05) is 36.8 Å². The van der Waals surface area contributed by atoms with Crippen LogP contribution in [-0.4, -0.2) is 27.3 Å². The molecule has 0 aliphatic heterocycles. The van der Waals surface area contributed by atoms with E-state index in [-0.39, 0.29) is 0 Å². The van der Waals surface area contributed by atoms with E-state index in [1.807, 2.05) is 7.05 Å². The van der Waals surface area contributed by atoms with Crippen LogP contribution in [0.25, 0.3) is 0 Å². The van der Waals surface area contributed by atoms with Crippen LogP contribution in [0.4, 0.5) is 0 Å². The van der Waals surface area contributed by atoms with Crippen LogP contribution >= 0.6 is 0 Å². The fourth-order valence-corrected chi connectivity index (χ4v) is 2.19. The molecule has 1 N–H and O–H groups in total. The van der Waals surface area contributed by atoms with E-state index in [1.165, 1.54) is 31.2 Å². The summed E-state index contributed by atoms with van der Waals surface area (Å²) in [6.07, 6.45) is 4.88. The minimum Gasteiger partial charge on any atom is -0.385 e. The van der Waals surface area contributed by atoms with E-state index in [9.17, 15) is 0 Å². The molecule has 0 heterocycles. The molecule has 1 unspecified atom stereocenters. The first-order valence-electron chi connectivity index (χ1n) is 6.54. The molecule has 0 bridgehead atoms. The lowest BCUT2D eigenvalue weighted by Gasteiger charge is -2.16. The molecule has 0 saturated carbocycles. The molecule has 2 nitrogen and oxygen atoms in total. The zero-order chi connectivity index (χ0) is 12.3. The predicted octanol–water partition coefficient (Wildman–Crippen LogP) is 2.88. The van der Waals surface area contributed by atoms with Gasteiger partial charge in [-0.3, -0.25) is 0 Å². The third kappa shape index (κ3) is 6.44. The Labute approximate surface area is 105 Å². The summed E-state index contributed by atoms with van der Waals surface area (Å²) >= 11 is 0. The third-order valence-corrected chi connectivity index (χ3v) is 3.07. The molecular weight excluding hydrogens is 210 g/mol. The highest BCUT2D eigenvalue weighted by Crippen LogP contribution is 2.14. The first-order chi connectivity index (χ1) is 8.36. The van der Waals surface area contributed by atoms with E-state index >= 15 is 0 Å². The lowest BCUT2D eigenvalue weighted by molar-refractivity contribution is 0.190. The summed E-state index contributed by atoms with van der Waals surface area (Å²) in [6, 6.07) is 10.8. The van der Waals surface area contributed by atoms with E-state index in [1.54, 1.807) is 7.11 Å². The van der Waals surface area contributed by atoms with Crippen molar-refractivity contribution < 1.29 is 4.74 Å². The zero-order valence-electron chi connectivity index (χ0n) is 11.1. The fraction of sp³-hybridized carbons (Fsp3) is 0.600. The molecule has 0 aliphatic rings. The van der Waals surface area contributed by atoms with E-state index in [0.29, 0.717) is 0 Å². The molecular formula is C15H25NO. The molecule has 0 aliphatic carbocycles. The maximum absolute atomic E-state index is 5.09. The van der Waals surface area contributed by atoms with Crippen molar-refractivity contribution in [2.45, 2.75) is 25.7 Å². The topological polar surface area (TPSA) is 21.3 Å². The number of ether oxygens (including phenoxy) is 1. The van der Waals surface area contributed by atoms with E-state index < -0.39 is 0 Å². The number of nitrogens with one attached hydrogen (secondary N) is 1. The molecule has 1 atom stereocenters. The molecule has 1 aromatic carbocycles. The first kappa shape index (κ1) is 14.2. The Kier molecular flexibility index (Phi) is 7.69. The average Bonchev–Trinajstić information content (AvgIpc) is 2.36. The molecule has 17 heavy (non-hydrogen) atoms. The Morgan fingerprint density at radius 3 is 2.59 bits per heavy atom. The van der Waals surface area contributed by atoms with Crippen LogP contribution in [0, 0.1) is 5.92 Å². The minimum atomic E-state index is 0.735. The SMILES string of the molecule is CNCC(CCCCOC)Cc1ccccc1. The summed E-state index contributed by atoms with van der Waals surface area (Å²) in [6.45, 7) is 1.99. The van der Waals surface area contributed by atoms with Gasteiger partial charge in [0.1, 0.15) is 0 Å². The van der Waals surface area contributed by atoms with Gasteiger partial charge in [0, 0.05) is 13.7 Å². The second-order valence-electron chi connectivity index (χ2n) is 4.60. The van der Waals surface area contributed by atoms with Gasteiger partial charge in [-0.2, -0.15) is 0 Å². The highest BCUT2D eigenvalue weighted by atomic mass is 16.5. The minimum absolute atomic E-state index is 0.735. The normalized spacial score (nSPS) is 12.6. The lowest BCUT2D eigenvalue weighted by atomic mass is 9.94. The Bertz CT molecular complexity index is 274. The van der Waals surface area contributed by atoms with Gasteiger partial charge >= 0.3 is 0 Å². The van der Waals surface area contributed by atoms with Gasteiger partial charge in [0.25, 0.3) is 0 Å². The molecule has 0 saturated heterocycles. The molecule has 1 rings (SSSR count). The van der Waals surface area contributed by atoms with Gasteiger partial charge in [0.05, 0.1) is 0 Å². The van der Waals surface area contributed by atoms with Crippen molar-refractivity contribution in [3.8, 4) is 0 Å². The maximum atomic E-state index is 5.09. The molecule has 0 fully saturated rings. The van der Waals surface area contributed by atoms with Crippen molar-refractivity contribution in [3.63, 3.8) is 0 Å². The van der Waals surface area contributed by atoms with Gasteiger partial charge in [0.15, 0.2) is 0 Å². The van der Waals surface area contributed by atoms with Gasteiger partial charge in [-0.25, -0.2) is 0 Å². The zero-order valence-corrected chi connectivity index (χ0v) is 11.1. The van der Waals surface area contributed by atoms with E-state index in [2.05, 4.69) is 35.6 Å². The fourth-order valence-electron chi connectivity index (χ4n) is 2.19. The van der Waals surface area contributed by atoms with Gasteiger partial charge in [-0.15, -0.1) is 0 Å². The van der Waals surface area contributed by atoms with Crippen molar-refractivity contribution in [3.05, 3.63) is 35.9 Å². The molecule has 0 amide bonds. The van der Waals surface area contributed by atoms with Gasteiger partial charge in [0.2, 0.25) is 0 Å². The summed E-state index contributed by atoms with van der Waals surface area (Å²) in [5.74, 6) is 0.735. The molecule has 0 aromatic heterocycles. The number of hydrogen-bond acceptors (Lipinski definition) is 2. The molecule has 96 valence electrons. The second-order valence-corrected chi connectivity index (χ2v) is 4.60. The Morgan fingerprint density at radius 1 is 1.18 bits per heavy atom. The molecule has 1 aromatic rings. The van der Waals surface area contributed by atoms with Crippen molar-refractivity contribution in [1.82, 2.24) is 5.32 Å². The number of hydrogen-bond donors (Lipinski definition) is 1. The highest BCUT2D eigenvalue weighted by molar-refractivity contribution is 5.15. The number of methoxy groups -OCH3 is 1. The lowest BCUT2D eigenvalue weighted by Crippen LogP contribution is -2.21. The Hall–Kier alpha value is -0.860. The Morgan fingerprint density at radius 2 is 1.94 bits per heavy atom. The Balaban J connectivity index is 2.32. The number of unbranched alkanes of at least 4 members (excludes halogenated alkanes) is 1. The standard InChI is InChI=1S/C15H25NO/c1-16-13-15(10-6-7-11-17-2)12-14-8-4-3-5-9-14/h3-5,8-9,15-16H,6-7,10-13H2,1-2H3. The first-order valence-corrected chi connectivity index (χ1v) is 6.54. The van der Waals surface area contributed by atoms with Crippen molar-refractivity contribution in [2.75, 3.05) is 27.3 Å². The highest BCUT2D eigenvalue weighted by Gasteiger charge is 2.08. The largest absolute Gasteiger partial charge is 0.385 e. The van der Waals surface area contributed by atoms with Crippen LogP contribution in [0.5, 0.6) is 0 Å². The average molecular weight is 235 g/mol. The summed E-state index contributed by atoms with van der Waals surface area (Å²) in [5.41, 5.74) is 1.44. The number of benzene rings is 1. The summed E-state index contributed by atoms with van der Waals surface area (Å²) in [5, 5.41) is 3.30. The van der Waals surface area contributed by atoms with E-state index in [4.69, 9.17) is 4.74 Å². The van der Waals surface area contributed by atoms with Crippen LogP contribution in [-0.2, 0) is 11.2 Å². The van der Waals surface area contributed by atoms with Gasteiger partial charge in [-0.05, 0) is 44.3 Å². The van der Waals surface area contributed by atoms with Gasteiger partial charge < -0.3 is 10.1 Å². The smallest absolute Gasteiger partial charge is 0.0462 e. The van der Waals surface area contributed by atoms with Crippen molar-refractivity contribution in [2.24, 2.45) is 5.92 Å². The number of rotatable bonds is 9. The predicted molar refractivity (Wildman–Crippen MR) is 73.3 cm³/mol. The molecule has 0 spiro atoms. The maximum Gasteiger partial charge on any atom is 0.0462 e. The van der Waals surface area contributed by atoms with Crippen LogP contribution in [0.1, 0.15) is 24.8 Å². The van der Waals surface area contributed by atoms with Crippen molar-refractivity contribution >= 4 is 0 Å². The van der Waals surface area contributed by atoms with Crippen LogP contribution in [0.3, 0.4) is 0 Å². The molecule has 0 radical (unpaired) electrons. The quantitative estimate of drug-likeness (QED) is 0.665. The van der Waals surface area contributed by atoms with E-state index in [0.717, 1.165) is 19.1 Å². The monoisotopic (exact) mass is 235 g/mol. The summed E-state index contributed by atoms with van der Waals surface area (Å²) in [7, 11) is 3.81. The van der Waals surface area contributed by atoms with Crippen LogP contribution < -0.4 is 5.32 Å². The second kappa shape index (κ2) is 9.20. The van der Waals surface area contributed by atoms with Crippen molar-refractivity contribution in [1.29, 1.82) is 0 Å². The molecule has 2 heteroatoms. The summed E-state index contributed by atoms with van der Waals surface area (Å²) in [4.78, 5) is 0. The third-order valence-electron chi connectivity index (χ3n) is 3.07. The summed E-state index contributed by atoms with van der Waals surface area (Å²) < 4.78 is 5.09.